The smallest absolute Gasteiger partial charge is 0.136 e. The van der Waals surface area contributed by atoms with Crippen LogP contribution in [0.2, 0.25) is 0 Å². The van der Waals surface area contributed by atoms with Gasteiger partial charge in [0.25, 0.3) is 0 Å². The topological polar surface area (TPSA) is 36.1 Å². The van der Waals surface area contributed by atoms with E-state index in [0.29, 0.717) is 0 Å². The molecule has 1 atom stereocenters. The molecule has 13 aromatic rings. The highest BCUT2D eigenvalue weighted by Gasteiger charge is 2.20. The van der Waals surface area contributed by atoms with Crippen LogP contribution in [0.5, 0.6) is 0 Å². The number of nitrogens with zero attached hydrogens (tertiary/aromatic N) is 2. The lowest BCUT2D eigenvalue weighted by Crippen LogP contribution is -2.31. The number of hydrogen-bond donors (Lipinski definition) is 0. The molecular weight excluding hydrogens is 781 g/mol. The van der Waals surface area contributed by atoms with Crippen LogP contribution in [0.15, 0.2) is 209 Å². The molecule has 0 radical (unpaired) electrons. The van der Waals surface area contributed by atoms with E-state index < -0.39 is 0 Å². The van der Waals surface area contributed by atoms with Crippen molar-refractivity contribution in [3.8, 4) is 33.6 Å². The molecule has 0 fully saturated rings. The summed E-state index contributed by atoms with van der Waals surface area (Å²) in [7, 11) is 0. The summed E-state index contributed by atoms with van der Waals surface area (Å²) >= 11 is 0. The molecule has 0 saturated heterocycles. The number of benzene rings is 9. The van der Waals surface area contributed by atoms with Crippen LogP contribution in [0.1, 0.15) is 17.9 Å². The second kappa shape index (κ2) is 13.6. The van der Waals surface area contributed by atoms with E-state index in [0.717, 1.165) is 67.1 Å². The van der Waals surface area contributed by atoms with E-state index >= 15 is 0 Å². The van der Waals surface area contributed by atoms with E-state index in [4.69, 9.17) is 8.83 Å². The molecule has 9 aromatic carbocycles. The molecule has 0 N–H and O–H groups in total. The highest BCUT2D eigenvalue weighted by Crippen LogP contribution is 2.41. The average molecular weight is 819 g/mol. The SMILES string of the molecule is C1=c2c(n(-c3ccccc3)c3ccccc23)=CCC1c1cccc(-c2ccc3oc4cc5c(cc4c3c2)oc2ccc(-c3ccc4c(c3)c3ccccc3n4-c3ccccc3)cc25)c1. The van der Waals surface area contributed by atoms with Gasteiger partial charge in [-0.25, -0.2) is 0 Å². The molecular formula is C60H38N2O2. The normalized spacial score (nSPS) is 14.0. The zero-order valence-corrected chi connectivity index (χ0v) is 34.7. The second-order valence-electron chi connectivity index (χ2n) is 17.2. The molecule has 14 rings (SSSR count). The van der Waals surface area contributed by atoms with E-state index in [1.165, 1.54) is 65.7 Å². The third kappa shape index (κ3) is 5.29. The van der Waals surface area contributed by atoms with Gasteiger partial charge in [0.2, 0.25) is 0 Å². The van der Waals surface area contributed by atoms with Gasteiger partial charge in [-0.3, -0.25) is 0 Å². The average Bonchev–Trinajstić information content (AvgIpc) is 4.10. The Labute approximate surface area is 367 Å². The van der Waals surface area contributed by atoms with Crippen LogP contribution >= 0.6 is 0 Å². The lowest BCUT2D eigenvalue weighted by Gasteiger charge is -2.16. The summed E-state index contributed by atoms with van der Waals surface area (Å²) in [5.74, 6) is 0.271. The molecule has 0 aliphatic heterocycles. The Balaban J connectivity index is 0.826. The second-order valence-corrected chi connectivity index (χ2v) is 17.2. The lowest BCUT2D eigenvalue weighted by molar-refractivity contribution is 0.664. The highest BCUT2D eigenvalue weighted by molar-refractivity contribution is 6.16. The Bertz CT molecular complexity index is 4160. The van der Waals surface area contributed by atoms with Crippen molar-refractivity contribution in [1.82, 2.24) is 9.13 Å². The van der Waals surface area contributed by atoms with Crippen molar-refractivity contribution in [2.75, 3.05) is 0 Å². The first-order chi connectivity index (χ1) is 31.7. The fourth-order valence-corrected chi connectivity index (χ4v) is 10.6. The number of hydrogen-bond acceptors (Lipinski definition) is 2. The van der Waals surface area contributed by atoms with Crippen LogP contribution in [-0.4, -0.2) is 9.13 Å². The molecule has 4 heterocycles. The Morgan fingerprint density at radius 1 is 0.359 bits per heavy atom. The quantitative estimate of drug-likeness (QED) is 0.173. The maximum absolute atomic E-state index is 6.58. The summed E-state index contributed by atoms with van der Waals surface area (Å²) in [5.41, 5.74) is 15.4. The Kier molecular flexibility index (Phi) is 7.48. The third-order valence-electron chi connectivity index (χ3n) is 13.6. The van der Waals surface area contributed by atoms with E-state index in [1.54, 1.807) is 0 Å². The van der Waals surface area contributed by atoms with E-state index in [2.05, 4.69) is 221 Å². The molecule has 64 heavy (non-hydrogen) atoms. The maximum atomic E-state index is 6.58. The van der Waals surface area contributed by atoms with Gasteiger partial charge in [-0.05, 0) is 119 Å². The van der Waals surface area contributed by atoms with Crippen LogP contribution in [0, 0.1) is 0 Å². The molecule has 0 bridgehead atoms. The van der Waals surface area contributed by atoms with Gasteiger partial charge in [0.05, 0.1) is 16.6 Å². The van der Waals surface area contributed by atoms with Crippen molar-refractivity contribution in [1.29, 1.82) is 0 Å². The summed E-state index contributed by atoms with van der Waals surface area (Å²) in [5, 5.41) is 10.6. The number of furan rings is 2. The van der Waals surface area contributed by atoms with Crippen molar-refractivity contribution in [2.45, 2.75) is 12.3 Å². The zero-order valence-electron chi connectivity index (χ0n) is 34.7. The molecule has 4 aromatic heterocycles. The molecule has 4 heteroatoms. The molecule has 300 valence electrons. The molecule has 4 nitrogen and oxygen atoms in total. The van der Waals surface area contributed by atoms with Gasteiger partial charge in [0.1, 0.15) is 22.3 Å². The first-order valence-electron chi connectivity index (χ1n) is 22.1. The lowest BCUT2D eigenvalue weighted by atomic mass is 9.89. The fourth-order valence-electron chi connectivity index (χ4n) is 10.6. The van der Waals surface area contributed by atoms with Gasteiger partial charge in [-0.2, -0.15) is 0 Å². The monoisotopic (exact) mass is 818 g/mol. The Hall–Kier alpha value is -8.34. The highest BCUT2D eigenvalue weighted by atomic mass is 16.3. The first-order valence-corrected chi connectivity index (χ1v) is 22.1. The van der Waals surface area contributed by atoms with Crippen molar-refractivity contribution >= 4 is 88.7 Å². The number of rotatable bonds is 5. The zero-order chi connectivity index (χ0) is 41.9. The minimum absolute atomic E-state index is 0.271. The predicted molar refractivity (Wildman–Crippen MR) is 265 cm³/mol. The molecule has 1 aliphatic carbocycles. The van der Waals surface area contributed by atoms with Crippen LogP contribution in [0.3, 0.4) is 0 Å². The molecule has 0 saturated carbocycles. The number of fused-ring (bicyclic) bond motifs is 12. The van der Waals surface area contributed by atoms with E-state index in [1.807, 2.05) is 0 Å². The minimum Gasteiger partial charge on any atom is -0.456 e. The van der Waals surface area contributed by atoms with Crippen LogP contribution in [-0.2, 0) is 0 Å². The van der Waals surface area contributed by atoms with Crippen LogP contribution in [0.25, 0.3) is 122 Å². The summed E-state index contributed by atoms with van der Waals surface area (Å²) in [6, 6.07) is 72.1. The van der Waals surface area contributed by atoms with Crippen molar-refractivity contribution in [2.24, 2.45) is 0 Å². The van der Waals surface area contributed by atoms with Gasteiger partial charge in [-0.15, -0.1) is 0 Å². The van der Waals surface area contributed by atoms with Crippen molar-refractivity contribution in [3.63, 3.8) is 0 Å². The van der Waals surface area contributed by atoms with Crippen molar-refractivity contribution < 1.29 is 8.83 Å². The largest absolute Gasteiger partial charge is 0.456 e. The molecule has 1 aliphatic rings. The molecule has 0 spiro atoms. The van der Waals surface area contributed by atoms with E-state index in [-0.39, 0.29) is 5.92 Å². The van der Waals surface area contributed by atoms with Gasteiger partial charge in [0, 0.05) is 65.6 Å². The molecule has 1 unspecified atom stereocenters. The third-order valence-corrected chi connectivity index (χ3v) is 13.6. The van der Waals surface area contributed by atoms with Gasteiger partial charge in [0.15, 0.2) is 0 Å². The predicted octanol–water partition coefficient (Wildman–Crippen LogP) is 14.6. The number of aromatic nitrogens is 2. The van der Waals surface area contributed by atoms with Gasteiger partial charge in [-0.1, -0.05) is 127 Å². The summed E-state index contributed by atoms with van der Waals surface area (Å²) in [6.45, 7) is 0. The fraction of sp³-hybridized carbons (Fsp3) is 0.0333. The Morgan fingerprint density at radius 2 is 0.875 bits per heavy atom. The van der Waals surface area contributed by atoms with Crippen LogP contribution in [0.4, 0.5) is 0 Å². The maximum Gasteiger partial charge on any atom is 0.136 e. The summed E-state index contributed by atoms with van der Waals surface area (Å²) < 4.78 is 17.9. The van der Waals surface area contributed by atoms with Crippen molar-refractivity contribution in [3.05, 3.63) is 216 Å². The standard InChI is InChI=1S/C60H38N2O2/c1-3-14-43(15-4-1)61-53-20-9-7-18-45(53)47-31-39(22-26-55(47)61)37-12-11-13-38(30-37)41-24-28-57-49(33-41)51-35-60-52(36-59(51)63-57)50-34-42(25-29-58(50)64-60)40-23-27-56-48(32-40)46-19-8-10-21-54(46)62(56)44-16-5-2-6-17-44/h1-21,23-36,39H,22H2. The first kappa shape index (κ1) is 35.3. The summed E-state index contributed by atoms with van der Waals surface area (Å²) in [4.78, 5) is 0. The van der Waals surface area contributed by atoms with Crippen LogP contribution < -0.4 is 10.6 Å². The van der Waals surface area contributed by atoms with Gasteiger partial charge >= 0.3 is 0 Å². The number of para-hydroxylation sites is 4. The Morgan fingerprint density at radius 3 is 1.55 bits per heavy atom. The summed E-state index contributed by atoms with van der Waals surface area (Å²) in [6.07, 6.45) is 5.85. The molecule has 0 amide bonds. The minimum atomic E-state index is 0.271. The van der Waals surface area contributed by atoms with Gasteiger partial charge < -0.3 is 18.0 Å². The van der Waals surface area contributed by atoms with E-state index in [9.17, 15) is 0 Å².